The SMILES string of the molecule is NC1CCC(NCC(O)COc2ccc(Cl)cc2)CC1. The van der Waals surface area contributed by atoms with Gasteiger partial charge in [-0.05, 0) is 49.9 Å². The van der Waals surface area contributed by atoms with Crippen LogP contribution in [0.2, 0.25) is 5.02 Å². The van der Waals surface area contributed by atoms with Crippen molar-refractivity contribution in [1.82, 2.24) is 5.32 Å². The second-order valence-corrected chi connectivity index (χ2v) is 5.88. The van der Waals surface area contributed by atoms with Gasteiger partial charge in [-0.25, -0.2) is 0 Å². The minimum atomic E-state index is -0.513. The Kier molecular flexibility index (Phi) is 6.10. The average molecular weight is 299 g/mol. The lowest BCUT2D eigenvalue weighted by atomic mass is 9.92. The number of aliphatic hydroxyl groups excluding tert-OH is 1. The number of nitrogens with two attached hydrogens (primary N) is 1. The molecule has 20 heavy (non-hydrogen) atoms. The van der Waals surface area contributed by atoms with E-state index in [1.54, 1.807) is 24.3 Å². The van der Waals surface area contributed by atoms with Gasteiger partial charge >= 0.3 is 0 Å². The van der Waals surface area contributed by atoms with Gasteiger partial charge in [-0.3, -0.25) is 0 Å². The summed E-state index contributed by atoms with van der Waals surface area (Å²) in [5.74, 6) is 0.720. The van der Waals surface area contributed by atoms with Crippen LogP contribution >= 0.6 is 11.6 Å². The smallest absolute Gasteiger partial charge is 0.119 e. The zero-order chi connectivity index (χ0) is 14.4. The van der Waals surface area contributed by atoms with Crippen LogP contribution in [0.15, 0.2) is 24.3 Å². The lowest BCUT2D eigenvalue weighted by molar-refractivity contribution is 0.101. The Morgan fingerprint density at radius 2 is 1.90 bits per heavy atom. The monoisotopic (exact) mass is 298 g/mol. The number of halogens is 1. The molecule has 0 radical (unpaired) electrons. The van der Waals surface area contributed by atoms with Crippen LogP contribution < -0.4 is 15.8 Å². The molecule has 4 nitrogen and oxygen atoms in total. The predicted octanol–water partition coefficient (Wildman–Crippen LogP) is 1.94. The third kappa shape index (κ3) is 5.29. The largest absolute Gasteiger partial charge is 0.491 e. The van der Waals surface area contributed by atoms with Gasteiger partial charge in [-0.1, -0.05) is 11.6 Å². The molecule has 5 heteroatoms. The molecule has 1 aromatic carbocycles. The van der Waals surface area contributed by atoms with Gasteiger partial charge in [0.1, 0.15) is 18.5 Å². The maximum Gasteiger partial charge on any atom is 0.119 e. The highest BCUT2D eigenvalue weighted by Gasteiger charge is 2.18. The number of nitrogens with one attached hydrogen (secondary N) is 1. The van der Waals surface area contributed by atoms with Crippen LogP contribution in [0.3, 0.4) is 0 Å². The highest BCUT2D eigenvalue weighted by atomic mass is 35.5. The molecular formula is C15H23ClN2O2. The van der Waals surface area contributed by atoms with E-state index in [0.29, 0.717) is 23.7 Å². The van der Waals surface area contributed by atoms with Crippen molar-refractivity contribution in [2.24, 2.45) is 5.73 Å². The second kappa shape index (κ2) is 7.84. The molecule has 0 saturated heterocycles. The molecule has 0 aliphatic heterocycles. The minimum absolute atomic E-state index is 0.279. The summed E-state index contributed by atoms with van der Waals surface area (Å²) in [7, 11) is 0. The lowest BCUT2D eigenvalue weighted by Crippen LogP contribution is -2.41. The van der Waals surface area contributed by atoms with E-state index in [1.807, 2.05) is 0 Å². The van der Waals surface area contributed by atoms with Crippen LogP contribution in [0.25, 0.3) is 0 Å². The van der Waals surface area contributed by atoms with Crippen molar-refractivity contribution in [1.29, 1.82) is 0 Å². The molecule has 0 spiro atoms. The lowest BCUT2D eigenvalue weighted by Gasteiger charge is -2.27. The zero-order valence-electron chi connectivity index (χ0n) is 11.6. The number of rotatable bonds is 6. The molecule has 0 bridgehead atoms. The highest BCUT2D eigenvalue weighted by Crippen LogP contribution is 2.17. The first-order valence-corrected chi connectivity index (χ1v) is 7.56. The summed E-state index contributed by atoms with van der Waals surface area (Å²) >= 11 is 5.80. The van der Waals surface area contributed by atoms with Gasteiger partial charge in [0, 0.05) is 23.7 Å². The number of hydrogen-bond donors (Lipinski definition) is 3. The minimum Gasteiger partial charge on any atom is -0.491 e. The molecule has 1 aromatic rings. The molecule has 1 fully saturated rings. The van der Waals surface area contributed by atoms with Gasteiger partial charge in [0.2, 0.25) is 0 Å². The van der Waals surface area contributed by atoms with Crippen LogP contribution in [-0.2, 0) is 0 Å². The second-order valence-electron chi connectivity index (χ2n) is 5.44. The van der Waals surface area contributed by atoms with Crippen LogP contribution in [0.4, 0.5) is 0 Å². The van der Waals surface area contributed by atoms with E-state index >= 15 is 0 Å². The van der Waals surface area contributed by atoms with E-state index in [0.717, 1.165) is 31.4 Å². The van der Waals surface area contributed by atoms with Crippen molar-refractivity contribution >= 4 is 11.6 Å². The fourth-order valence-electron chi connectivity index (χ4n) is 2.41. The molecule has 1 atom stereocenters. The fraction of sp³-hybridized carbons (Fsp3) is 0.600. The number of benzene rings is 1. The summed E-state index contributed by atoms with van der Waals surface area (Å²) in [4.78, 5) is 0. The van der Waals surface area contributed by atoms with Crippen molar-refractivity contribution in [3.63, 3.8) is 0 Å². The molecule has 2 rings (SSSR count). The normalized spacial score (nSPS) is 24.4. The van der Waals surface area contributed by atoms with E-state index in [1.165, 1.54) is 0 Å². The maximum absolute atomic E-state index is 9.91. The van der Waals surface area contributed by atoms with E-state index in [4.69, 9.17) is 22.1 Å². The number of hydrogen-bond acceptors (Lipinski definition) is 4. The Morgan fingerprint density at radius 1 is 1.25 bits per heavy atom. The topological polar surface area (TPSA) is 67.5 Å². The summed E-state index contributed by atoms with van der Waals surface area (Å²) in [6.07, 6.45) is 3.79. The van der Waals surface area contributed by atoms with Gasteiger partial charge in [-0.15, -0.1) is 0 Å². The first-order valence-electron chi connectivity index (χ1n) is 7.19. The van der Waals surface area contributed by atoms with E-state index in [2.05, 4.69) is 5.32 Å². The molecule has 1 aliphatic rings. The standard InChI is InChI=1S/C15H23ClN2O2/c16-11-1-7-15(8-2-11)20-10-14(19)9-18-13-5-3-12(17)4-6-13/h1-2,7-8,12-14,18-19H,3-6,9-10,17H2. The first-order chi connectivity index (χ1) is 9.63. The van der Waals surface area contributed by atoms with Crippen LogP contribution in [-0.4, -0.2) is 36.4 Å². The third-order valence-corrected chi connectivity index (χ3v) is 3.92. The zero-order valence-corrected chi connectivity index (χ0v) is 12.4. The molecule has 0 amide bonds. The van der Waals surface area contributed by atoms with Gasteiger partial charge in [0.25, 0.3) is 0 Å². The van der Waals surface area contributed by atoms with Crippen molar-refractivity contribution in [2.45, 2.75) is 43.9 Å². The highest BCUT2D eigenvalue weighted by molar-refractivity contribution is 6.30. The molecule has 112 valence electrons. The van der Waals surface area contributed by atoms with Crippen LogP contribution in [0.5, 0.6) is 5.75 Å². The molecule has 0 aromatic heterocycles. The average Bonchev–Trinajstić information content (AvgIpc) is 2.46. The predicted molar refractivity (Wildman–Crippen MR) is 81.2 cm³/mol. The quantitative estimate of drug-likeness (QED) is 0.751. The van der Waals surface area contributed by atoms with Crippen molar-refractivity contribution in [3.8, 4) is 5.75 Å². The van der Waals surface area contributed by atoms with E-state index in [-0.39, 0.29) is 6.61 Å². The summed E-state index contributed by atoms with van der Waals surface area (Å²) in [5, 5.41) is 14.0. The molecule has 4 N–H and O–H groups in total. The number of aliphatic hydroxyl groups is 1. The van der Waals surface area contributed by atoms with Crippen molar-refractivity contribution < 1.29 is 9.84 Å². The van der Waals surface area contributed by atoms with Gasteiger partial charge in [-0.2, -0.15) is 0 Å². The van der Waals surface area contributed by atoms with Crippen molar-refractivity contribution in [2.75, 3.05) is 13.2 Å². The Morgan fingerprint density at radius 3 is 2.55 bits per heavy atom. The van der Waals surface area contributed by atoms with Gasteiger partial charge < -0.3 is 20.9 Å². The first kappa shape index (κ1) is 15.6. The van der Waals surface area contributed by atoms with Gasteiger partial charge in [0.05, 0.1) is 0 Å². The summed E-state index contributed by atoms with van der Waals surface area (Å²) in [5.41, 5.74) is 5.87. The summed E-state index contributed by atoms with van der Waals surface area (Å²) in [6.45, 7) is 0.828. The van der Waals surface area contributed by atoms with Crippen LogP contribution in [0, 0.1) is 0 Å². The fourth-order valence-corrected chi connectivity index (χ4v) is 2.53. The summed E-state index contributed by atoms with van der Waals surface area (Å²) < 4.78 is 5.51. The van der Waals surface area contributed by atoms with Crippen molar-refractivity contribution in [3.05, 3.63) is 29.3 Å². The third-order valence-electron chi connectivity index (χ3n) is 3.67. The maximum atomic E-state index is 9.91. The number of ether oxygens (including phenoxy) is 1. The Bertz CT molecular complexity index is 391. The molecular weight excluding hydrogens is 276 g/mol. The Hall–Kier alpha value is -0.810. The Labute approximate surface area is 125 Å². The Balaban J connectivity index is 1.62. The molecule has 0 heterocycles. The molecule has 1 unspecified atom stereocenters. The van der Waals surface area contributed by atoms with E-state index < -0.39 is 6.10 Å². The van der Waals surface area contributed by atoms with Crippen LogP contribution in [0.1, 0.15) is 25.7 Å². The summed E-state index contributed by atoms with van der Waals surface area (Å²) in [6, 6.07) is 7.96. The molecule has 1 aliphatic carbocycles. The molecule has 1 saturated carbocycles. The van der Waals surface area contributed by atoms with Gasteiger partial charge in [0.15, 0.2) is 0 Å². The van der Waals surface area contributed by atoms with E-state index in [9.17, 15) is 5.11 Å².